The van der Waals surface area contributed by atoms with Gasteiger partial charge in [-0.3, -0.25) is 0 Å². The maximum atomic E-state index is 12.1. The number of carbonyl (C=O) groups excluding carboxylic acids is 1. The van der Waals surface area contributed by atoms with Gasteiger partial charge in [0, 0.05) is 6.54 Å². The molecule has 2 rings (SSSR count). The molecular weight excluding hydrogens is 379 g/mol. The minimum absolute atomic E-state index is 0.320. The molecule has 156 valence electrons. The van der Waals surface area contributed by atoms with Gasteiger partial charge in [0.15, 0.2) is 0 Å². The minimum Gasteiger partial charge on any atom is -0.458 e. The van der Waals surface area contributed by atoms with E-state index >= 15 is 0 Å². The number of hydrogen-bond acceptors (Lipinski definition) is 4. The van der Waals surface area contributed by atoms with Crippen LogP contribution in [0.1, 0.15) is 24.2 Å². The zero-order valence-corrected chi connectivity index (χ0v) is 16.0. The number of nitrogens with two attached hydrogens (primary N) is 1. The van der Waals surface area contributed by atoms with E-state index in [9.17, 15) is 22.1 Å². The summed E-state index contributed by atoms with van der Waals surface area (Å²) in [5.74, 6) is 0.165. The van der Waals surface area contributed by atoms with Crippen molar-refractivity contribution in [1.82, 2.24) is 4.57 Å². The predicted octanol–water partition coefficient (Wildman–Crippen LogP) is 3.12. The Bertz CT molecular complexity index is 760. The molecule has 0 fully saturated rings. The number of rotatable bonds is 7. The zero-order valence-electron chi connectivity index (χ0n) is 16.0. The lowest BCUT2D eigenvalue weighted by Crippen LogP contribution is -2.24. The van der Waals surface area contributed by atoms with Crippen molar-refractivity contribution < 1.29 is 31.4 Å². The molecule has 1 aromatic carbocycles. The Morgan fingerprint density at radius 2 is 1.96 bits per heavy atom. The Morgan fingerprint density at radius 3 is 2.46 bits per heavy atom. The topological polar surface area (TPSA) is 73.2 Å². The second kappa shape index (κ2) is 10.6. The van der Waals surface area contributed by atoms with Crippen molar-refractivity contribution in [2.45, 2.75) is 20.4 Å². The van der Waals surface area contributed by atoms with Gasteiger partial charge < -0.3 is 33.0 Å². The summed E-state index contributed by atoms with van der Waals surface area (Å²) < 4.78 is 48.2. The number of aryl methyl sites for hydroxylation is 1. The number of anilines is 2. The van der Waals surface area contributed by atoms with Crippen molar-refractivity contribution in [3.05, 3.63) is 42.5 Å². The van der Waals surface area contributed by atoms with Crippen LogP contribution >= 0.6 is 0 Å². The molecule has 0 spiro atoms. The highest BCUT2D eigenvalue weighted by atomic mass is 19.5. The van der Waals surface area contributed by atoms with Crippen LogP contribution in [-0.4, -0.2) is 30.9 Å². The molecule has 6 nitrogen and oxygen atoms in total. The highest BCUT2D eigenvalue weighted by molar-refractivity contribution is 6.50. The monoisotopic (exact) mass is 404 g/mol. The van der Waals surface area contributed by atoms with Crippen molar-refractivity contribution in [3.8, 4) is 0 Å². The summed E-state index contributed by atoms with van der Waals surface area (Å²) in [6.45, 7) is 6.03. The van der Waals surface area contributed by atoms with E-state index in [4.69, 9.17) is 10.5 Å². The van der Waals surface area contributed by atoms with Gasteiger partial charge >= 0.3 is 13.2 Å². The highest BCUT2D eigenvalue weighted by Crippen LogP contribution is 2.20. The lowest BCUT2D eigenvalue weighted by atomic mass is 10.1. The van der Waals surface area contributed by atoms with Crippen LogP contribution in [-0.2, 0) is 18.3 Å². The standard InChI is InChI=1S/C17H24N4O2.BF4/c1-13(2)11-19-16-5-4-14(10-15(16)18)17(22)23-9-8-21-7-6-20(3)12-21;2-1(3,4)5/h4-7,10,12-13H,8-9,11,18H2,1-3H3;/q;-1/p+1. The Labute approximate surface area is 161 Å². The first-order valence-electron chi connectivity index (χ1n) is 8.64. The molecule has 0 atom stereocenters. The smallest absolute Gasteiger partial charge is 0.458 e. The second-order valence-corrected chi connectivity index (χ2v) is 6.52. The first kappa shape index (κ1) is 23.3. The molecule has 1 heterocycles. The Balaban J connectivity index is 0.000000696. The molecule has 0 saturated heterocycles. The van der Waals surface area contributed by atoms with E-state index in [-0.39, 0.29) is 5.97 Å². The van der Waals surface area contributed by atoms with Crippen molar-refractivity contribution in [1.29, 1.82) is 0 Å². The molecule has 0 aliphatic heterocycles. The van der Waals surface area contributed by atoms with E-state index in [1.165, 1.54) is 0 Å². The number of nitrogens with one attached hydrogen (secondary N) is 1. The van der Waals surface area contributed by atoms with Gasteiger partial charge in [0.2, 0.25) is 6.33 Å². The average molecular weight is 404 g/mol. The fourth-order valence-corrected chi connectivity index (χ4v) is 2.13. The molecule has 0 amide bonds. The number of halogens is 4. The maximum absolute atomic E-state index is 12.1. The van der Waals surface area contributed by atoms with Crippen LogP contribution in [0.3, 0.4) is 0 Å². The number of aromatic nitrogens is 2. The normalized spacial score (nSPS) is 11.0. The molecule has 0 aliphatic carbocycles. The number of hydrogen-bond donors (Lipinski definition) is 2. The summed E-state index contributed by atoms with van der Waals surface area (Å²) in [5, 5.41) is 3.26. The Kier molecular flexibility index (Phi) is 8.81. The van der Waals surface area contributed by atoms with Gasteiger partial charge in [0.1, 0.15) is 25.5 Å². The molecule has 11 heteroatoms. The molecule has 3 N–H and O–H groups in total. The van der Waals surface area contributed by atoms with Crippen molar-refractivity contribution in [2.24, 2.45) is 13.0 Å². The number of carbonyl (C=O) groups is 1. The van der Waals surface area contributed by atoms with E-state index in [2.05, 4.69) is 19.2 Å². The third kappa shape index (κ3) is 9.84. The summed E-state index contributed by atoms with van der Waals surface area (Å²) >= 11 is 0. The molecule has 0 radical (unpaired) electrons. The van der Waals surface area contributed by atoms with Crippen LogP contribution in [0.25, 0.3) is 0 Å². The summed E-state index contributed by atoms with van der Waals surface area (Å²) in [5.41, 5.74) is 7.85. The largest absolute Gasteiger partial charge is 0.673 e. The molecule has 0 saturated carbocycles. The van der Waals surface area contributed by atoms with Gasteiger partial charge in [-0.25, -0.2) is 13.9 Å². The zero-order chi connectivity index (χ0) is 21.3. The van der Waals surface area contributed by atoms with E-state index in [1.54, 1.807) is 12.1 Å². The third-order valence-electron chi connectivity index (χ3n) is 3.39. The summed E-state index contributed by atoms with van der Waals surface area (Å²) in [6.07, 6.45) is 5.80. The van der Waals surface area contributed by atoms with E-state index in [1.807, 2.05) is 41.0 Å². The maximum Gasteiger partial charge on any atom is 0.673 e. The van der Waals surface area contributed by atoms with Crippen molar-refractivity contribution >= 4 is 24.6 Å². The van der Waals surface area contributed by atoms with Crippen LogP contribution in [0.2, 0.25) is 0 Å². The highest BCUT2D eigenvalue weighted by Gasteiger charge is 2.20. The Morgan fingerprint density at radius 1 is 1.32 bits per heavy atom. The molecule has 2 aromatic rings. The summed E-state index contributed by atoms with van der Waals surface area (Å²) in [4.78, 5) is 12.1. The number of ether oxygens (including phenoxy) is 1. The first-order valence-corrected chi connectivity index (χ1v) is 8.64. The molecular formula is C17H25BF4N4O2. The van der Waals surface area contributed by atoms with Crippen LogP contribution in [0.15, 0.2) is 36.9 Å². The van der Waals surface area contributed by atoms with Gasteiger partial charge in [-0.1, -0.05) is 13.8 Å². The van der Waals surface area contributed by atoms with Gasteiger partial charge in [0.25, 0.3) is 0 Å². The summed E-state index contributed by atoms with van der Waals surface area (Å²) in [6, 6.07) is 5.21. The number of nitrogens with zero attached hydrogens (tertiary/aromatic N) is 2. The first-order chi connectivity index (χ1) is 13.0. The van der Waals surface area contributed by atoms with Gasteiger partial charge in [-0.2, -0.15) is 0 Å². The van der Waals surface area contributed by atoms with Crippen LogP contribution < -0.4 is 15.6 Å². The number of nitrogen functional groups attached to an aromatic ring is 1. The van der Waals surface area contributed by atoms with Crippen LogP contribution in [0.5, 0.6) is 0 Å². The van der Waals surface area contributed by atoms with Crippen molar-refractivity contribution in [2.75, 3.05) is 24.2 Å². The molecule has 0 bridgehead atoms. The number of imidazole rings is 1. The van der Waals surface area contributed by atoms with Crippen molar-refractivity contribution in [3.63, 3.8) is 0 Å². The van der Waals surface area contributed by atoms with Gasteiger partial charge in [-0.05, 0) is 24.1 Å². The van der Waals surface area contributed by atoms with E-state index < -0.39 is 7.25 Å². The number of esters is 1. The lowest BCUT2D eigenvalue weighted by molar-refractivity contribution is -0.671. The quantitative estimate of drug-likeness (QED) is 0.245. The average Bonchev–Trinajstić information content (AvgIpc) is 2.97. The number of benzene rings is 1. The van der Waals surface area contributed by atoms with E-state index in [0.29, 0.717) is 30.3 Å². The fraction of sp³-hybridized carbons (Fsp3) is 0.412. The van der Waals surface area contributed by atoms with E-state index in [0.717, 1.165) is 12.2 Å². The fourth-order valence-electron chi connectivity index (χ4n) is 2.13. The lowest BCUT2D eigenvalue weighted by Gasteiger charge is -2.12. The Hall–Kier alpha value is -2.72. The second-order valence-electron chi connectivity index (χ2n) is 6.52. The third-order valence-corrected chi connectivity index (χ3v) is 3.39. The van der Waals surface area contributed by atoms with Gasteiger partial charge in [0.05, 0.1) is 24.0 Å². The SMILES string of the molecule is CC(C)CNc1ccc(C(=O)OCCn2cc[n+](C)c2)cc1N.F[B-](F)(F)F. The molecule has 28 heavy (non-hydrogen) atoms. The molecule has 1 aromatic heterocycles. The molecule has 0 unspecified atom stereocenters. The van der Waals surface area contributed by atoms with Gasteiger partial charge in [-0.15, -0.1) is 0 Å². The predicted molar refractivity (Wildman–Crippen MR) is 100 cm³/mol. The summed E-state index contributed by atoms with van der Waals surface area (Å²) in [7, 11) is -4.06. The van der Waals surface area contributed by atoms with Crippen LogP contribution in [0.4, 0.5) is 28.6 Å². The molecule has 0 aliphatic rings. The van der Waals surface area contributed by atoms with Crippen LogP contribution in [0, 0.1) is 5.92 Å². The minimum atomic E-state index is -6.00.